The van der Waals surface area contributed by atoms with Gasteiger partial charge in [0, 0.05) is 0 Å². The maximum Gasteiger partial charge on any atom is 0.264 e. The third-order valence-electron chi connectivity index (χ3n) is 2.47. The smallest absolute Gasteiger partial charge is 0.264 e. The van der Waals surface area contributed by atoms with Crippen LogP contribution in [0.25, 0.3) is 0 Å². The molecule has 8 heteroatoms. The molecule has 2 rings (SSSR count). The maximum absolute atomic E-state index is 13.3. The van der Waals surface area contributed by atoms with Crippen LogP contribution in [-0.2, 0) is 10.0 Å². The molecule has 2 aromatic rings. The fourth-order valence-electron chi connectivity index (χ4n) is 1.52. The van der Waals surface area contributed by atoms with E-state index in [-0.39, 0.29) is 15.6 Å². The van der Waals surface area contributed by atoms with Crippen LogP contribution in [0, 0.1) is 5.82 Å². The fourth-order valence-corrected chi connectivity index (χ4v) is 3.01. The summed E-state index contributed by atoms with van der Waals surface area (Å²) in [6.45, 7) is 0. The molecular formula is C12H9Cl2FN2O2S. The molecule has 0 aromatic heterocycles. The lowest BCUT2D eigenvalue weighted by Crippen LogP contribution is -2.15. The summed E-state index contributed by atoms with van der Waals surface area (Å²) < 4.78 is 39.8. The summed E-state index contributed by atoms with van der Waals surface area (Å²) >= 11 is 11.5. The molecule has 20 heavy (non-hydrogen) atoms. The lowest BCUT2D eigenvalue weighted by Gasteiger charge is -2.11. The molecule has 0 radical (unpaired) electrons. The minimum Gasteiger partial charge on any atom is -0.395 e. The number of para-hydroxylation sites is 1. The molecule has 3 N–H and O–H groups in total. The van der Waals surface area contributed by atoms with E-state index in [2.05, 4.69) is 4.72 Å². The van der Waals surface area contributed by atoms with E-state index in [1.54, 1.807) is 0 Å². The van der Waals surface area contributed by atoms with Gasteiger partial charge >= 0.3 is 0 Å². The number of benzene rings is 2. The second kappa shape index (κ2) is 5.47. The summed E-state index contributed by atoms with van der Waals surface area (Å²) in [7, 11) is -4.01. The molecule has 0 aliphatic heterocycles. The number of anilines is 2. The van der Waals surface area contributed by atoms with Crippen LogP contribution in [0.4, 0.5) is 15.8 Å². The van der Waals surface area contributed by atoms with Crippen LogP contribution in [0.3, 0.4) is 0 Å². The summed E-state index contributed by atoms with van der Waals surface area (Å²) in [5, 5.41) is 0.485. The Morgan fingerprint density at radius 3 is 2.45 bits per heavy atom. The third kappa shape index (κ3) is 2.98. The molecule has 2 aromatic carbocycles. The number of nitrogens with one attached hydrogen (secondary N) is 1. The highest BCUT2D eigenvalue weighted by Gasteiger charge is 2.19. The first kappa shape index (κ1) is 14.9. The molecule has 0 heterocycles. The number of nitrogens with two attached hydrogens (primary N) is 1. The van der Waals surface area contributed by atoms with Gasteiger partial charge < -0.3 is 5.73 Å². The normalized spacial score (nSPS) is 11.3. The van der Waals surface area contributed by atoms with Gasteiger partial charge in [0.2, 0.25) is 0 Å². The molecule has 106 valence electrons. The Morgan fingerprint density at radius 1 is 1.10 bits per heavy atom. The molecule has 0 saturated carbocycles. The van der Waals surface area contributed by atoms with Gasteiger partial charge in [-0.2, -0.15) is 0 Å². The Bertz CT molecular complexity index is 766. The monoisotopic (exact) mass is 334 g/mol. The number of hydrogen-bond donors (Lipinski definition) is 2. The van der Waals surface area contributed by atoms with Crippen LogP contribution in [-0.4, -0.2) is 8.42 Å². The number of halogens is 3. The Kier molecular flexibility index (Phi) is 4.08. The van der Waals surface area contributed by atoms with Crippen molar-refractivity contribution >= 4 is 44.6 Å². The first-order valence-electron chi connectivity index (χ1n) is 5.33. The number of hydrogen-bond acceptors (Lipinski definition) is 3. The van der Waals surface area contributed by atoms with E-state index in [0.717, 1.165) is 6.07 Å². The average Bonchev–Trinajstić information content (AvgIpc) is 2.36. The lowest BCUT2D eigenvalue weighted by molar-refractivity contribution is 0.597. The van der Waals surface area contributed by atoms with E-state index in [4.69, 9.17) is 28.9 Å². The van der Waals surface area contributed by atoms with E-state index in [1.807, 2.05) is 0 Å². The predicted molar refractivity (Wildman–Crippen MR) is 78.1 cm³/mol. The molecule has 0 aliphatic carbocycles. The first-order chi connectivity index (χ1) is 9.31. The minimum absolute atomic E-state index is 0.194. The van der Waals surface area contributed by atoms with Gasteiger partial charge in [-0.25, -0.2) is 12.8 Å². The van der Waals surface area contributed by atoms with Crippen LogP contribution in [0.2, 0.25) is 10.0 Å². The van der Waals surface area contributed by atoms with Gasteiger partial charge in [-0.05, 0) is 30.3 Å². The molecular weight excluding hydrogens is 326 g/mol. The van der Waals surface area contributed by atoms with E-state index in [0.29, 0.717) is 5.02 Å². The molecule has 0 unspecified atom stereocenters. The fraction of sp³-hybridized carbons (Fsp3) is 0. The molecule has 0 saturated heterocycles. The van der Waals surface area contributed by atoms with Crippen molar-refractivity contribution in [2.45, 2.75) is 4.90 Å². The van der Waals surface area contributed by atoms with Crippen LogP contribution in [0.1, 0.15) is 0 Å². The van der Waals surface area contributed by atoms with Crippen molar-refractivity contribution in [3.63, 3.8) is 0 Å². The van der Waals surface area contributed by atoms with Crippen molar-refractivity contribution in [3.05, 3.63) is 52.3 Å². The van der Waals surface area contributed by atoms with E-state index >= 15 is 0 Å². The number of rotatable bonds is 3. The Hall–Kier alpha value is -1.50. The molecule has 0 spiro atoms. The van der Waals surface area contributed by atoms with Gasteiger partial charge in [-0.1, -0.05) is 29.3 Å². The predicted octanol–water partition coefficient (Wildman–Crippen LogP) is 3.52. The van der Waals surface area contributed by atoms with Gasteiger partial charge in [0.05, 0.1) is 21.4 Å². The third-order valence-corrected chi connectivity index (χ3v) is 4.65. The quantitative estimate of drug-likeness (QED) is 0.843. The van der Waals surface area contributed by atoms with Crippen molar-refractivity contribution in [1.29, 1.82) is 0 Å². The number of sulfonamides is 1. The molecule has 0 fully saturated rings. The van der Waals surface area contributed by atoms with Crippen LogP contribution < -0.4 is 10.5 Å². The zero-order chi connectivity index (χ0) is 14.9. The Morgan fingerprint density at radius 2 is 1.80 bits per heavy atom. The number of nitrogen functional groups attached to an aromatic ring is 1. The van der Waals surface area contributed by atoms with Crippen molar-refractivity contribution < 1.29 is 12.8 Å². The van der Waals surface area contributed by atoms with Gasteiger partial charge in [-0.3, -0.25) is 4.72 Å². The summed E-state index contributed by atoms with van der Waals surface area (Å²) in [4.78, 5) is -0.344. The van der Waals surface area contributed by atoms with E-state index in [9.17, 15) is 12.8 Å². The van der Waals surface area contributed by atoms with Crippen LogP contribution in [0.5, 0.6) is 0 Å². The largest absolute Gasteiger partial charge is 0.395 e. The molecule has 0 amide bonds. The summed E-state index contributed by atoms with van der Waals surface area (Å²) in [5.74, 6) is -0.804. The van der Waals surface area contributed by atoms with E-state index in [1.165, 1.54) is 30.3 Å². The van der Waals surface area contributed by atoms with Gasteiger partial charge in [0.1, 0.15) is 10.7 Å². The van der Waals surface area contributed by atoms with Gasteiger partial charge in [0.25, 0.3) is 10.0 Å². The summed E-state index contributed by atoms with van der Waals surface area (Å²) in [6, 6.07) is 7.76. The molecule has 0 aliphatic rings. The van der Waals surface area contributed by atoms with E-state index < -0.39 is 21.5 Å². The zero-order valence-electron chi connectivity index (χ0n) is 9.90. The molecule has 0 bridgehead atoms. The van der Waals surface area contributed by atoms with Crippen LogP contribution >= 0.6 is 23.2 Å². The highest BCUT2D eigenvalue weighted by atomic mass is 35.5. The summed E-state index contributed by atoms with van der Waals surface area (Å²) in [6.07, 6.45) is 0. The lowest BCUT2D eigenvalue weighted by atomic mass is 10.3. The zero-order valence-corrected chi connectivity index (χ0v) is 12.2. The standard InChI is InChI=1S/C12H9Cl2FN2O2S/c13-8-5-4-7(6-9(8)14)17-20(18,19)11-3-1-2-10(15)12(11)16/h1-6,17H,16H2. The Labute approximate surface area is 125 Å². The Balaban J connectivity index is 2.41. The molecule has 4 nitrogen and oxygen atoms in total. The highest BCUT2D eigenvalue weighted by molar-refractivity contribution is 7.92. The first-order valence-corrected chi connectivity index (χ1v) is 7.57. The highest BCUT2D eigenvalue weighted by Crippen LogP contribution is 2.28. The van der Waals surface area contributed by atoms with Crippen molar-refractivity contribution in [2.24, 2.45) is 0 Å². The average molecular weight is 335 g/mol. The van der Waals surface area contributed by atoms with Gasteiger partial charge in [0.15, 0.2) is 0 Å². The maximum atomic E-state index is 13.3. The van der Waals surface area contributed by atoms with Crippen molar-refractivity contribution in [2.75, 3.05) is 10.5 Å². The van der Waals surface area contributed by atoms with Crippen molar-refractivity contribution in [3.8, 4) is 0 Å². The van der Waals surface area contributed by atoms with Crippen molar-refractivity contribution in [1.82, 2.24) is 0 Å². The SMILES string of the molecule is Nc1c(F)cccc1S(=O)(=O)Nc1ccc(Cl)c(Cl)c1. The van der Waals surface area contributed by atoms with Gasteiger partial charge in [-0.15, -0.1) is 0 Å². The topological polar surface area (TPSA) is 72.2 Å². The van der Waals surface area contributed by atoms with Crippen LogP contribution in [0.15, 0.2) is 41.3 Å². The minimum atomic E-state index is -4.01. The second-order valence-corrected chi connectivity index (χ2v) is 6.35. The second-order valence-electron chi connectivity index (χ2n) is 3.89. The summed E-state index contributed by atoms with van der Waals surface area (Å²) in [5.41, 5.74) is 5.19. The molecule has 0 atom stereocenters.